The molecule has 3 nitrogen and oxygen atoms in total. The van der Waals surface area contributed by atoms with Gasteiger partial charge in [-0.25, -0.2) is 0 Å². The third-order valence-electron chi connectivity index (χ3n) is 4.72. The topological polar surface area (TPSA) is 46.5 Å². The summed E-state index contributed by atoms with van der Waals surface area (Å²) in [4.78, 5) is 10.7. The first-order valence-corrected chi connectivity index (χ1v) is 9.24. The number of carbonyl (C=O) groups is 1. The van der Waals surface area contributed by atoms with E-state index in [1.807, 2.05) is 24.3 Å². The maximum absolute atomic E-state index is 10.7. The van der Waals surface area contributed by atoms with Gasteiger partial charge in [0, 0.05) is 5.02 Å². The fourth-order valence-corrected chi connectivity index (χ4v) is 3.31. The van der Waals surface area contributed by atoms with Crippen LogP contribution in [0.5, 0.6) is 5.75 Å². The molecule has 25 heavy (non-hydrogen) atoms. The molecule has 2 rings (SSSR count). The van der Waals surface area contributed by atoms with Gasteiger partial charge in [0.15, 0.2) is 0 Å². The average molecular weight is 375 g/mol. The van der Waals surface area contributed by atoms with Crippen LogP contribution in [0.2, 0.25) is 5.02 Å². The van der Waals surface area contributed by atoms with Crippen molar-refractivity contribution in [3.8, 4) is 5.75 Å². The number of carboxylic acid groups (broad SMARTS) is 1. The second-order valence-electron chi connectivity index (χ2n) is 6.60. The number of hydrogen-bond acceptors (Lipinski definition) is 2. The number of ether oxygens (including phenoxy) is 1. The number of unbranched alkanes of at least 4 members (excludes halogenated alkanes) is 5. The molecule has 1 aliphatic rings. The van der Waals surface area contributed by atoms with Gasteiger partial charge in [-0.1, -0.05) is 55.9 Å². The Balaban J connectivity index is 0.00000312. The van der Waals surface area contributed by atoms with Gasteiger partial charge in [-0.2, -0.15) is 0 Å². The van der Waals surface area contributed by atoms with Crippen LogP contribution in [0.15, 0.2) is 36.4 Å². The second-order valence-corrected chi connectivity index (χ2v) is 7.03. The molecule has 134 valence electrons. The minimum absolute atomic E-state index is 0. The van der Waals surface area contributed by atoms with Gasteiger partial charge in [0.2, 0.25) is 0 Å². The molecule has 0 aromatic heterocycles. The summed E-state index contributed by atoms with van der Waals surface area (Å²) < 4.78 is 5.67. The summed E-state index contributed by atoms with van der Waals surface area (Å²) >= 11 is 5.83. The first-order chi connectivity index (χ1) is 11.6. The predicted octanol–water partition coefficient (Wildman–Crippen LogP) is 5.08. The van der Waals surface area contributed by atoms with E-state index >= 15 is 0 Å². The van der Waals surface area contributed by atoms with Crippen LogP contribution in [0.4, 0.5) is 0 Å². The molecular weight excluding hydrogens is 347 g/mol. The third-order valence-corrected chi connectivity index (χ3v) is 4.97. The van der Waals surface area contributed by atoms with Crippen LogP contribution in [-0.4, -0.2) is 47.2 Å². The zero-order valence-corrected chi connectivity index (χ0v) is 14.9. The summed E-state index contributed by atoms with van der Waals surface area (Å²) in [5, 5.41) is 9.53. The van der Waals surface area contributed by atoms with Gasteiger partial charge in [-0.3, -0.25) is 4.79 Å². The van der Waals surface area contributed by atoms with Crippen molar-refractivity contribution in [3.05, 3.63) is 41.4 Å². The molecule has 0 aliphatic heterocycles. The van der Waals surface area contributed by atoms with Crippen molar-refractivity contribution in [3.63, 3.8) is 0 Å². The molecule has 1 fully saturated rings. The number of hydrogen-bond donors (Lipinski definition) is 1. The van der Waals surface area contributed by atoms with Crippen LogP contribution in [0.1, 0.15) is 51.4 Å². The molecule has 0 bridgehead atoms. The Labute approximate surface area is 178 Å². The van der Waals surface area contributed by atoms with Crippen LogP contribution in [0, 0.1) is 11.8 Å². The fraction of sp³-hybridized carbons (Fsp3) is 0.550. The molecule has 1 N–H and O–H groups in total. The summed E-state index contributed by atoms with van der Waals surface area (Å²) in [6.07, 6.45) is 8.50. The summed E-state index contributed by atoms with van der Waals surface area (Å²) in [7, 11) is 0. The van der Waals surface area contributed by atoms with Gasteiger partial charge < -0.3 is 9.84 Å². The van der Waals surface area contributed by atoms with Crippen molar-refractivity contribution in [2.45, 2.75) is 51.4 Å². The monoisotopic (exact) mass is 374 g/mol. The summed E-state index contributed by atoms with van der Waals surface area (Å²) in [6, 6.07) is 7.47. The molecule has 1 aromatic rings. The van der Waals surface area contributed by atoms with E-state index in [4.69, 9.17) is 21.4 Å². The molecule has 5 heteroatoms. The second kappa shape index (κ2) is 12.0. The van der Waals surface area contributed by atoms with E-state index in [1.54, 1.807) is 0 Å². The van der Waals surface area contributed by atoms with Crippen LogP contribution in [0.3, 0.4) is 0 Å². The van der Waals surface area contributed by atoms with Crippen molar-refractivity contribution in [2.24, 2.45) is 11.8 Å². The number of aliphatic carboxylic acids is 1. The number of halogens is 1. The Kier molecular flexibility index (Phi) is 10.8. The molecule has 1 aliphatic carbocycles. The summed E-state index contributed by atoms with van der Waals surface area (Å²) in [5.74, 6) is 0.880. The Morgan fingerprint density at radius 3 is 2.28 bits per heavy atom. The van der Waals surface area contributed by atoms with Crippen LogP contribution in [-0.2, 0) is 4.79 Å². The SMILES string of the molecule is C=C1C(CCCCCCCCOc2ccc(Cl)cc2)C1CC(=O)O.[NaH]. The van der Waals surface area contributed by atoms with Crippen molar-refractivity contribution < 1.29 is 14.6 Å². The quantitative estimate of drug-likeness (QED) is 0.315. The molecule has 2 unspecified atom stereocenters. The molecule has 1 saturated carbocycles. The summed E-state index contributed by atoms with van der Waals surface area (Å²) in [5.41, 5.74) is 1.15. The van der Waals surface area contributed by atoms with E-state index in [-0.39, 0.29) is 41.9 Å². The molecule has 0 spiro atoms. The van der Waals surface area contributed by atoms with Gasteiger partial charge in [0.05, 0.1) is 13.0 Å². The van der Waals surface area contributed by atoms with Crippen molar-refractivity contribution in [1.29, 1.82) is 0 Å². The van der Waals surface area contributed by atoms with Crippen LogP contribution < -0.4 is 4.74 Å². The van der Waals surface area contributed by atoms with E-state index in [9.17, 15) is 4.79 Å². The third kappa shape index (κ3) is 8.63. The van der Waals surface area contributed by atoms with Gasteiger partial charge in [0.25, 0.3) is 0 Å². The minimum atomic E-state index is -0.704. The summed E-state index contributed by atoms with van der Waals surface area (Å²) in [6.45, 7) is 4.73. The van der Waals surface area contributed by atoms with Crippen LogP contribution >= 0.6 is 11.6 Å². The van der Waals surface area contributed by atoms with E-state index in [0.717, 1.165) is 35.8 Å². The molecular formula is C20H28ClNaO3. The Morgan fingerprint density at radius 1 is 1.04 bits per heavy atom. The Morgan fingerprint density at radius 2 is 1.64 bits per heavy atom. The number of rotatable bonds is 12. The molecule has 0 saturated heterocycles. The van der Waals surface area contributed by atoms with Crippen molar-refractivity contribution in [1.82, 2.24) is 0 Å². The van der Waals surface area contributed by atoms with Gasteiger partial charge in [0.1, 0.15) is 5.75 Å². The number of benzene rings is 1. The van der Waals surface area contributed by atoms with E-state index in [2.05, 4.69) is 6.58 Å². The van der Waals surface area contributed by atoms with Gasteiger partial charge >= 0.3 is 35.5 Å². The predicted molar refractivity (Wildman–Crippen MR) is 105 cm³/mol. The number of carboxylic acids is 1. The van der Waals surface area contributed by atoms with E-state index in [1.165, 1.54) is 32.1 Å². The molecule has 0 amide bonds. The van der Waals surface area contributed by atoms with Gasteiger partial charge in [-0.15, -0.1) is 0 Å². The normalized spacial score (nSPS) is 18.5. The fourth-order valence-electron chi connectivity index (χ4n) is 3.19. The van der Waals surface area contributed by atoms with Gasteiger partial charge in [-0.05, 0) is 48.9 Å². The zero-order chi connectivity index (χ0) is 17.4. The first-order valence-electron chi connectivity index (χ1n) is 8.87. The number of allylic oxidation sites excluding steroid dienone is 1. The molecule has 2 atom stereocenters. The van der Waals surface area contributed by atoms with E-state index in [0.29, 0.717) is 5.92 Å². The van der Waals surface area contributed by atoms with Crippen molar-refractivity contribution in [2.75, 3.05) is 6.61 Å². The standard InChI is InChI=1S/C20H27ClO3.Na.H/c1-15-18(19(15)14-20(22)23)8-6-4-2-3-5-7-13-24-17-11-9-16(21)10-12-17;;/h9-12,18-19H,1-8,13-14H2,(H,22,23);;. The first kappa shape index (κ1) is 22.6. The van der Waals surface area contributed by atoms with Crippen molar-refractivity contribution >= 4 is 47.1 Å². The van der Waals surface area contributed by atoms with Crippen LogP contribution in [0.25, 0.3) is 0 Å². The molecule has 0 heterocycles. The molecule has 0 radical (unpaired) electrons. The average Bonchev–Trinajstić information content (AvgIpc) is 3.15. The van der Waals surface area contributed by atoms with E-state index < -0.39 is 5.97 Å². The maximum atomic E-state index is 10.7. The Hall–Kier alpha value is -0.480. The zero-order valence-electron chi connectivity index (χ0n) is 14.2. The molecule has 1 aromatic carbocycles. The Bertz CT molecular complexity index is 544.